The minimum Gasteiger partial charge on any atom is -0.493 e. The summed E-state index contributed by atoms with van der Waals surface area (Å²) in [4.78, 5) is 11.9. The number of hydrogen-bond acceptors (Lipinski definition) is 5. The third-order valence-corrected chi connectivity index (χ3v) is 3.19. The van der Waals surface area contributed by atoms with Crippen molar-refractivity contribution in [1.29, 1.82) is 0 Å². The van der Waals surface area contributed by atoms with Gasteiger partial charge in [-0.15, -0.1) is 0 Å². The summed E-state index contributed by atoms with van der Waals surface area (Å²) in [7, 11) is 3.10. The van der Waals surface area contributed by atoms with Crippen molar-refractivity contribution in [3.8, 4) is 17.2 Å². The van der Waals surface area contributed by atoms with Gasteiger partial charge >= 0.3 is 0 Å². The highest BCUT2D eigenvalue weighted by atomic mass is 16.5. The van der Waals surface area contributed by atoms with E-state index >= 15 is 0 Å². The molecule has 6 nitrogen and oxygen atoms in total. The number of ether oxygens (including phenoxy) is 3. The Hall–Kier alpha value is -3.02. The van der Waals surface area contributed by atoms with Gasteiger partial charge in [-0.2, -0.15) is 5.10 Å². The average Bonchev–Trinajstić information content (AvgIpc) is 2.63. The first-order chi connectivity index (χ1) is 11.7. The number of rotatable bonds is 7. The first kappa shape index (κ1) is 17.3. The van der Waals surface area contributed by atoms with E-state index in [4.69, 9.17) is 14.2 Å². The fourth-order valence-electron chi connectivity index (χ4n) is 2.08. The van der Waals surface area contributed by atoms with E-state index in [2.05, 4.69) is 10.5 Å². The Bertz CT molecular complexity index is 689. The average molecular weight is 328 g/mol. The van der Waals surface area contributed by atoms with E-state index in [-0.39, 0.29) is 5.91 Å². The Morgan fingerprint density at radius 1 is 1.12 bits per heavy atom. The smallest absolute Gasteiger partial charge is 0.271 e. The number of carbonyl (C=O) groups is 1. The minimum atomic E-state index is -0.281. The lowest BCUT2D eigenvalue weighted by Crippen LogP contribution is -2.17. The number of carbonyl (C=O) groups excluding carboxylic acids is 1. The molecule has 0 aliphatic heterocycles. The summed E-state index contributed by atoms with van der Waals surface area (Å²) in [6.45, 7) is 2.38. The number of nitrogens with one attached hydrogen (secondary N) is 1. The Morgan fingerprint density at radius 3 is 2.29 bits per heavy atom. The number of nitrogens with zero attached hydrogens (tertiary/aromatic N) is 1. The number of hydrogen-bond donors (Lipinski definition) is 1. The molecule has 2 aromatic rings. The van der Waals surface area contributed by atoms with Crippen molar-refractivity contribution < 1.29 is 19.0 Å². The standard InChI is InChI=1S/C18H20N2O4/c1-4-24-17-15(22-2)10-13(11-16(17)23-3)12-19-20-18(21)14-8-6-5-7-9-14/h5-12H,4H2,1-3H3,(H,20,21)/b19-12+. The van der Waals surface area contributed by atoms with Gasteiger partial charge in [-0.1, -0.05) is 18.2 Å². The first-order valence-electron chi connectivity index (χ1n) is 7.46. The Balaban J connectivity index is 2.15. The zero-order valence-electron chi connectivity index (χ0n) is 13.9. The third-order valence-electron chi connectivity index (χ3n) is 3.19. The predicted molar refractivity (Wildman–Crippen MR) is 92.2 cm³/mol. The van der Waals surface area contributed by atoms with Gasteiger partial charge in [0.15, 0.2) is 11.5 Å². The molecule has 0 saturated carbocycles. The van der Waals surface area contributed by atoms with Gasteiger partial charge in [0.05, 0.1) is 27.0 Å². The molecule has 1 amide bonds. The van der Waals surface area contributed by atoms with Crippen molar-refractivity contribution in [2.45, 2.75) is 6.92 Å². The molecule has 0 heterocycles. The van der Waals surface area contributed by atoms with Gasteiger partial charge in [-0.25, -0.2) is 5.43 Å². The van der Waals surface area contributed by atoms with Crippen molar-refractivity contribution in [3.05, 3.63) is 53.6 Å². The number of hydrazone groups is 1. The highest BCUT2D eigenvalue weighted by Gasteiger charge is 2.13. The minimum absolute atomic E-state index is 0.281. The van der Waals surface area contributed by atoms with Crippen molar-refractivity contribution in [3.63, 3.8) is 0 Å². The monoisotopic (exact) mass is 328 g/mol. The SMILES string of the molecule is CCOc1c(OC)cc(/C=N/NC(=O)c2ccccc2)cc1OC. The van der Waals surface area contributed by atoms with Crippen molar-refractivity contribution >= 4 is 12.1 Å². The van der Waals surface area contributed by atoms with Crippen molar-refractivity contribution in [2.75, 3.05) is 20.8 Å². The van der Waals surface area contributed by atoms with Gasteiger partial charge < -0.3 is 14.2 Å². The van der Waals surface area contributed by atoms with Gasteiger partial charge in [-0.3, -0.25) is 4.79 Å². The first-order valence-corrected chi connectivity index (χ1v) is 7.46. The van der Waals surface area contributed by atoms with Crippen molar-refractivity contribution in [1.82, 2.24) is 5.43 Å². The fourth-order valence-corrected chi connectivity index (χ4v) is 2.08. The molecule has 0 bridgehead atoms. The van der Waals surface area contributed by atoms with Crippen molar-refractivity contribution in [2.24, 2.45) is 5.10 Å². The maximum Gasteiger partial charge on any atom is 0.271 e. The Labute approximate surface area is 141 Å². The quantitative estimate of drug-likeness (QED) is 0.627. The van der Waals surface area contributed by atoms with Crippen LogP contribution in [-0.2, 0) is 0 Å². The van der Waals surface area contributed by atoms with Gasteiger partial charge in [0.1, 0.15) is 0 Å². The van der Waals surface area contributed by atoms with Crippen LogP contribution in [0.25, 0.3) is 0 Å². The summed E-state index contributed by atoms with van der Waals surface area (Å²) < 4.78 is 16.2. The molecule has 2 aromatic carbocycles. The normalized spacial score (nSPS) is 10.5. The van der Waals surface area contributed by atoms with Crippen LogP contribution in [0.3, 0.4) is 0 Å². The molecule has 0 radical (unpaired) electrons. The Morgan fingerprint density at radius 2 is 1.75 bits per heavy atom. The van der Waals surface area contributed by atoms with Crippen LogP contribution in [0, 0.1) is 0 Å². The second-order valence-electron chi connectivity index (χ2n) is 4.75. The van der Waals surface area contributed by atoms with E-state index in [1.54, 1.807) is 50.6 Å². The number of amides is 1. The highest BCUT2D eigenvalue weighted by molar-refractivity contribution is 5.94. The number of methoxy groups -OCH3 is 2. The van der Waals surface area contributed by atoms with Crippen LogP contribution in [-0.4, -0.2) is 32.9 Å². The molecule has 0 aliphatic carbocycles. The van der Waals surface area contributed by atoms with E-state index < -0.39 is 0 Å². The molecule has 0 unspecified atom stereocenters. The van der Waals surface area contributed by atoms with Gasteiger partial charge in [0.25, 0.3) is 5.91 Å². The third kappa shape index (κ3) is 4.25. The number of benzene rings is 2. The van der Waals surface area contributed by atoms with E-state index in [0.29, 0.717) is 35.0 Å². The van der Waals surface area contributed by atoms with Crippen LogP contribution in [0.15, 0.2) is 47.6 Å². The van der Waals surface area contributed by atoms with E-state index in [9.17, 15) is 4.79 Å². The molecule has 0 fully saturated rings. The lowest BCUT2D eigenvalue weighted by Gasteiger charge is -2.14. The molecule has 0 spiro atoms. The largest absolute Gasteiger partial charge is 0.493 e. The second-order valence-corrected chi connectivity index (χ2v) is 4.75. The molecule has 6 heteroatoms. The van der Waals surface area contributed by atoms with E-state index in [0.717, 1.165) is 0 Å². The molecule has 24 heavy (non-hydrogen) atoms. The van der Waals surface area contributed by atoms with Gasteiger partial charge in [0, 0.05) is 11.1 Å². The van der Waals surface area contributed by atoms with Crippen LogP contribution in [0.1, 0.15) is 22.8 Å². The molecule has 1 N–H and O–H groups in total. The highest BCUT2D eigenvalue weighted by Crippen LogP contribution is 2.38. The van der Waals surface area contributed by atoms with Crippen LogP contribution >= 0.6 is 0 Å². The summed E-state index contributed by atoms with van der Waals surface area (Å²) in [5.41, 5.74) is 3.73. The van der Waals surface area contributed by atoms with Crippen LogP contribution < -0.4 is 19.6 Å². The molecule has 2 rings (SSSR count). The molecular weight excluding hydrogens is 308 g/mol. The molecule has 0 aromatic heterocycles. The zero-order valence-corrected chi connectivity index (χ0v) is 13.9. The summed E-state index contributed by atoms with van der Waals surface area (Å²) in [6.07, 6.45) is 1.52. The van der Waals surface area contributed by atoms with E-state index in [1.165, 1.54) is 6.21 Å². The Kier molecular flexibility index (Phi) is 6.19. The summed E-state index contributed by atoms with van der Waals surface area (Å²) in [6, 6.07) is 12.4. The fraction of sp³-hybridized carbons (Fsp3) is 0.222. The predicted octanol–water partition coefficient (Wildman–Crippen LogP) is 2.87. The molecule has 126 valence electrons. The van der Waals surface area contributed by atoms with Gasteiger partial charge in [0.2, 0.25) is 5.75 Å². The topological polar surface area (TPSA) is 69.2 Å². The molecule has 0 aliphatic rings. The van der Waals surface area contributed by atoms with E-state index in [1.807, 2.05) is 13.0 Å². The van der Waals surface area contributed by atoms with Crippen LogP contribution in [0.5, 0.6) is 17.2 Å². The summed E-state index contributed by atoms with van der Waals surface area (Å²) in [5.74, 6) is 1.32. The lowest BCUT2D eigenvalue weighted by atomic mass is 10.2. The molecule has 0 atom stereocenters. The molecule has 0 saturated heterocycles. The molecular formula is C18H20N2O4. The zero-order chi connectivity index (χ0) is 17.4. The summed E-state index contributed by atoms with van der Waals surface area (Å²) in [5, 5.41) is 3.97. The maximum absolute atomic E-state index is 11.9. The maximum atomic E-state index is 11.9. The lowest BCUT2D eigenvalue weighted by molar-refractivity contribution is 0.0955. The summed E-state index contributed by atoms with van der Waals surface area (Å²) >= 11 is 0. The van der Waals surface area contributed by atoms with Crippen LogP contribution in [0.4, 0.5) is 0 Å². The second kappa shape index (κ2) is 8.57. The van der Waals surface area contributed by atoms with Crippen LogP contribution in [0.2, 0.25) is 0 Å². The van der Waals surface area contributed by atoms with Gasteiger partial charge in [-0.05, 0) is 31.2 Å².